The van der Waals surface area contributed by atoms with Crippen molar-refractivity contribution in [3.05, 3.63) is 29.0 Å². The van der Waals surface area contributed by atoms with E-state index in [-0.39, 0.29) is 0 Å². The first kappa shape index (κ1) is 9.27. The number of carboxylic acid groups (broad SMARTS) is 1. The summed E-state index contributed by atoms with van der Waals surface area (Å²) in [6, 6.07) is 3.56. The third-order valence-corrected chi connectivity index (χ3v) is 2.67. The van der Waals surface area contributed by atoms with E-state index in [0.717, 1.165) is 18.4 Å². The van der Waals surface area contributed by atoms with E-state index >= 15 is 0 Å². The van der Waals surface area contributed by atoms with Crippen molar-refractivity contribution in [2.24, 2.45) is 0 Å². The van der Waals surface area contributed by atoms with Gasteiger partial charge in [-0.25, -0.2) is 9.78 Å². The molecule has 1 aromatic heterocycles. The van der Waals surface area contributed by atoms with Crippen LogP contribution in [-0.4, -0.2) is 16.2 Å². The Morgan fingerprint density at radius 3 is 2.86 bits per heavy atom. The molecule has 1 amide bonds. The van der Waals surface area contributed by atoms with E-state index in [1.54, 1.807) is 18.3 Å². The van der Waals surface area contributed by atoms with Crippen molar-refractivity contribution in [2.75, 3.05) is 0 Å². The van der Waals surface area contributed by atoms with Crippen LogP contribution in [0.4, 0.5) is 4.79 Å². The molecule has 0 bridgehead atoms. The SMILES string of the molecule is O=C(O)NC1(c2cccnc2Cl)CC1. The molecule has 1 aromatic rings. The zero-order valence-corrected chi connectivity index (χ0v) is 8.08. The maximum atomic E-state index is 10.6. The van der Waals surface area contributed by atoms with Crippen LogP contribution in [0.5, 0.6) is 0 Å². The predicted molar refractivity (Wildman–Crippen MR) is 51.3 cm³/mol. The molecule has 0 unspecified atom stereocenters. The summed E-state index contributed by atoms with van der Waals surface area (Å²) in [7, 11) is 0. The zero-order valence-electron chi connectivity index (χ0n) is 7.33. The minimum atomic E-state index is -1.03. The molecule has 74 valence electrons. The molecule has 2 rings (SSSR count). The average molecular weight is 213 g/mol. The van der Waals surface area contributed by atoms with Crippen molar-refractivity contribution < 1.29 is 9.90 Å². The largest absolute Gasteiger partial charge is 0.465 e. The number of halogens is 1. The molecule has 1 aliphatic carbocycles. The maximum absolute atomic E-state index is 10.6. The van der Waals surface area contributed by atoms with E-state index in [1.165, 1.54) is 0 Å². The topological polar surface area (TPSA) is 62.2 Å². The Kier molecular flexibility index (Phi) is 2.07. The monoisotopic (exact) mass is 212 g/mol. The summed E-state index contributed by atoms with van der Waals surface area (Å²) in [5.41, 5.74) is 0.279. The first-order valence-electron chi connectivity index (χ1n) is 4.26. The van der Waals surface area contributed by atoms with E-state index in [1.807, 2.05) is 0 Å². The lowest BCUT2D eigenvalue weighted by atomic mass is 10.1. The quantitative estimate of drug-likeness (QED) is 0.737. The highest BCUT2D eigenvalue weighted by atomic mass is 35.5. The first-order valence-corrected chi connectivity index (χ1v) is 4.64. The Hall–Kier alpha value is -1.29. The second kappa shape index (κ2) is 3.13. The van der Waals surface area contributed by atoms with Gasteiger partial charge < -0.3 is 10.4 Å². The van der Waals surface area contributed by atoms with Crippen LogP contribution in [0.25, 0.3) is 0 Å². The summed E-state index contributed by atoms with van der Waals surface area (Å²) in [5.74, 6) is 0. The number of hydrogen-bond acceptors (Lipinski definition) is 2. The standard InChI is InChI=1S/C9H9ClN2O2/c10-7-6(2-1-5-11-7)9(3-4-9)12-8(13)14/h1-2,5,12H,3-4H2,(H,13,14). The molecule has 0 radical (unpaired) electrons. The van der Waals surface area contributed by atoms with Gasteiger partial charge in [0.25, 0.3) is 0 Å². The summed E-state index contributed by atoms with van der Waals surface area (Å²) in [5, 5.41) is 11.5. The molecule has 1 saturated carbocycles. The van der Waals surface area contributed by atoms with Crippen LogP contribution in [0, 0.1) is 0 Å². The molecule has 4 nitrogen and oxygen atoms in total. The van der Waals surface area contributed by atoms with E-state index in [4.69, 9.17) is 16.7 Å². The fraction of sp³-hybridized carbons (Fsp3) is 0.333. The van der Waals surface area contributed by atoms with Gasteiger partial charge in [-0.1, -0.05) is 17.7 Å². The Balaban J connectivity index is 2.31. The lowest BCUT2D eigenvalue weighted by Crippen LogP contribution is -2.33. The molecule has 0 aliphatic heterocycles. The molecule has 2 N–H and O–H groups in total. The van der Waals surface area contributed by atoms with E-state index in [0.29, 0.717) is 5.15 Å². The summed E-state index contributed by atoms with van der Waals surface area (Å²) >= 11 is 5.89. The van der Waals surface area contributed by atoms with E-state index in [2.05, 4.69) is 10.3 Å². The number of nitrogens with zero attached hydrogens (tertiary/aromatic N) is 1. The molecule has 1 fully saturated rings. The number of rotatable bonds is 2. The Bertz CT molecular complexity index is 377. The lowest BCUT2D eigenvalue weighted by Gasteiger charge is -2.15. The summed E-state index contributed by atoms with van der Waals surface area (Å²) in [6.45, 7) is 0. The van der Waals surface area contributed by atoms with Crippen molar-refractivity contribution >= 4 is 17.7 Å². The second-order valence-electron chi connectivity index (χ2n) is 3.35. The van der Waals surface area contributed by atoms with E-state index < -0.39 is 11.6 Å². The highest BCUT2D eigenvalue weighted by Crippen LogP contribution is 2.47. The second-order valence-corrected chi connectivity index (χ2v) is 3.71. The Morgan fingerprint density at radius 1 is 1.64 bits per heavy atom. The third-order valence-electron chi connectivity index (χ3n) is 2.37. The normalized spacial score (nSPS) is 17.5. The molecular formula is C9H9ClN2O2. The van der Waals surface area contributed by atoms with Crippen molar-refractivity contribution in [3.8, 4) is 0 Å². The fourth-order valence-corrected chi connectivity index (χ4v) is 1.83. The van der Waals surface area contributed by atoms with Crippen molar-refractivity contribution in [1.82, 2.24) is 10.3 Å². The van der Waals surface area contributed by atoms with Crippen LogP contribution < -0.4 is 5.32 Å². The fourth-order valence-electron chi connectivity index (χ4n) is 1.53. The van der Waals surface area contributed by atoms with Gasteiger partial charge in [-0.2, -0.15) is 0 Å². The van der Waals surface area contributed by atoms with Crippen molar-refractivity contribution in [3.63, 3.8) is 0 Å². The predicted octanol–water partition coefficient (Wildman–Crippen LogP) is 1.99. The average Bonchev–Trinajstić information content (AvgIpc) is 2.85. The van der Waals surface area contributed by atoms with Crippen molar-refractivity contribution in [1.29, 1.82) is 0 Å². The van der Waals surface area contributed by atoms with Crippen LogP contribution in [0.15, 0.2) is 18.3 Å². The Morgan fingerprint density at radius 2 is 2.36 bits per heavy atom. The Labute approximate surface area is 85.9 Å². The summed E-state index contributed by atoms with van der Waals surface area (Å²) < 4.78 is 0. The smallest absolute Gasteiger partial charge is 0.405 e. The zero-order chi connectivity index (χ0) is 10.2. The van der Waals surface area contributed by atoms with Gasteiger partial charge in [0, 0.05) is 11.8 Å². The third kappa shape index (κ3) is 1.53. The van der Waals surface area contributed by atoms with Gasteiger partial charge in [-0.3, -0.25) is 0 Å². The molecule has 0 atom stereocenters. The first-order chi connectivity index (χ1) is 6.64. The molecule has 1 heterocycles. The van der Waals surface area contributed by atoms with Crippen LogP contribution in [0.1, 0.15) is 18.4 Å². The molecule has 1 aliphatic rings. The molecule has 0 saturated heterocycles. The highest BCUT2D eigenvalue weighted by molar-refractivity contribution is 6.30. The number of nitrogens with one attached hydrogen (secondary N) is 1. The number of carbonyl (C=O) groups is 1. The van der Waals surface area contributed by atoms with E-state index in [9.17, 15) is 4.79 Å². The van der Waals surface area contributed by atoms with Gasteiger partial charge in [0.15, 0.2) is 0 Å². The number of pyridine rings is 1. The maximum Gasteiger partial charge on any atom is 0.405 e. The molecule has 5 heteroatoms. The molecule has 14 heavy (non-hydrogen) atoms. The van der Waals surface area contributed by atoms with Gasteiger partial charge in [-0.05, 0) is 18.9 Å². The van der Waals surface area contributed by atoms with Gasteiger partial charge >= 0.3 is 6.09 Å². The molecule has 0 spiro atoms. The number of amides is 1. The van der Waals surface area contributed by atoms with Gasteiger partial charge in [0.05, 0.1) is 5.54 Å². The summed E-state index contributed by atoms with van der Waals surface area (Å²) in [4.78, 5) is 14.5. The van der Waals surface area contributed by atoms with Crippen LogP contribution in [-0.2, 0) is 5.54 Å². The van der Waals surface area contributed by atoms with Crippen LogP contribution in [0.3, 0.4) is 0 Å². The lowest BCUT2D eigenvalue weighted by molar-refractivity contribution is 0.188. The van der Waals surface area contributed by atoms with Crippen LogP contribution >= 0.6 is 11.6 Å². The number of hydrogen-bond donors (Lipinski definition) is 2. The molecular weight excluding hydrogens is 204 g/mol. The number of aromatic nitrogens is 1. The van der Waals surface area contributed by atoms with Gasteiger partial charge in [0.1, 0.15) is 5.15 Å². The van der Waals surface area contributed by atoms with Crippen LogP contribution in [0.2, 0.25) is 5.15 Å². The summed E-state index contributed by atoms with van der Waals surface area (Å²) in [6.07, 6.45) is 2.13. The minimum absolute atomic E-state index is 0.374. The van der Waals surface area contributed by atoms with Crippen molar-refractivity contribution in [2.45, 2.75) is 18.4 Å². The van der Waals surface area contributed by atoms with Gasteiger partial charge in [0.2, 0.25) is 0 Å². The highest BCUT2D eigenvalue weighted by Gasteiger charge is 2.47. The minimum Gasteiger partial charge on any atom is -0.465 e. The van der Waals surface area contributed by atoms with Gasteiger partial charge in [-0.15, -0.1) is 0 Å². The molecule has 0 aromatic carbocycles.